The molecule has 0 saturated carbocycles. The van der Waals surface area contributed by atoms with E-state index in [9.17, 15) is 10.1 Å². The zero-order valence-electron chi connectivity index (χ0n) is 18.0. The molecule has 0 aliphatic carbocycles. The lowest BCUT2D eigenvalue weighted by atomic mass is 9.94. The molecule has 1 aliphatic heterocycles. The number of halogens is 1. The van der Waals surface area contributed by atoms with Crippen LogP contribution in [0.1, 0.15) is 24.1 Å². The molecule has 5 rings (SSSR count). The fourth-order valence-electron chi connectivity index (χ4n) is 3.89. The number of hydrogen-bond donors (Lipinski definition) is 2. The highest BCUT2D eigenvalue weighted by Gasteiger charge is 2.34. The summed E-state index contributed by atoms with van der Waals surface area (Å²) < 4.78 is 1.67. The molecule has 0 radical (unpaired) electrons. The second-order valence-corrected chi connectivity index (χ2v) is 8.09. The van der Waals surface area contributed by atoms with Crippen LogP contribution in [0, 0.1) is 11.3 Å². The molecule has 2 aromatic heterocycles. The van der Waals surface area contributed by atoms with Crippen molar-refractivity contribution in [2.45, 2.75) is 13.0 Å². The van der Waals surface area contributed by atoms with Gasteiger partial charge >= 0.3 is 0 Å². The van der Waals surface area contributed by atoms with Gasteiger partial charge in [0.1, 0.15) is 6.04 Å². The van der Waals surface area contributed by atoms with E-state index >= 15 is 0 Å². The lowest BCUT2D eigenvalue weighted by Gasteiger charge is -2.28. The minimum Gasteiger partial charge on any atom is -0.328 e. The van der Waals surface area contributed by atoms with Gasteiger partial charge in [0.25, 0.3) is 5.91 Å². The Balaban J connectivity index is 1.62. The van der Waals surface area contributed by atoms with Crippen molar-refractivity contribution in [2.75, 3.05) is 10.6 Å². The van der Waals surface area contributed by atoms with Crippen LogP contribution in [0.25, 0.3) is 11.4 Å². The molecule has 8 nitrogen and oxygen atoms in total. The highest BCUT2D eigenvalue weighted by Crippen LogP contribution is 2.37. The number of fused-ring (bicyclic) bond motifs is 1. The van der Waals surface area contributed by atoms with E-state index in [2.05, 4.69) is 26.7 Å². The molecule has 2 aromatic carbocycles. The Bertz CT molecular complexity index is 1450. The highest BCUT2D eigenvalue weighted by molar-refractivity contribution is 6.33. The fraction of sp³-hybridized carbons (Fsp3) is 0.0800. The van der Waals surface area contributed by atoms with Crippen LogP contribution in [0.2, 0.25) is 5.02 Å². The molecule has 4 aromatic rings. The summed E-state index contributed by atoms with van der Waals surface area (Å²) in [4.78, 5) is 22.2. The van der Waals surface area contributed by atoms with Crippen molar-refractivity contribution in [2.24, 2.45) is 0 Å². The van der Waals surface area contributed by atoms with E-state index in [0.29, 0.717) is 44.9 Å². The third-order valence-corrected chi connectivity index (χ3v) is 5.82. The van der Waals surface area contributed by atoms with Gasteiger partial charge in [0.15, 0.2) is 5.82 Å². The maximum atomic E-state index is 13.5. The van der Waals surface area contributed by atoms with Crippen LogP contribution < -0.4 is 10.6 Å². The van der Waals surface area contributed by atoms with Gasteiger partial charge in [-0.15, -0.1) is 5.10 Å². The number of allylic oxidation sites excluding steroid dienone is 1. The molecule has 0 spiro atoms. The number of carbonyl (C=O) groups is 1. The van der Waals surface area contributed by atoms with Crippen LogP contribution in [0.5, 0.6) is 0 Å². The molecule has 0 fully saturated rings. The van der Waals surface area contributed by atoms with Crippen molar-refractivity contribution in [3.63, 3.8) is 0 Å². The van der Waals surface area contributed by atoms with Gasteiger partial charge in [-0.05, 0) is 48.9 Å². The van der Waals surface area contributed by atoms with Crippen LogP contribution >= 0.6 is 11.6 Å². The summed E-state index contributed by atoms with van der Waals surface area (Å²) in [6.45, 7) is 1.82. The van der Waals surface area contributed by atoms with Crippen molar-refractivity contribution in [1.29, 1.82) is 5.26 Å². The van der Waals surface area contributed by atoms with Gasteiger partial charge in [-0.1, -0.05) is 35.9 Å². The first-order chi connectivity index (χ1) is 16.5. The number of rotatable bonds is 4. The zero-order valence-corrected chi connectivity index (χ0v) is 18.8. The average molecular weight is 468 g/mol. The van der Waals surface area contributed by atoms with E-state index in [1.54, 1.807) is 47.4 Å². The lowest BCUT2D eigenvalue weighted by molar-refractivity contribution is -0.113. The summed E-state index contributed by atoms with van der Waals surface area (Å²) in [5.41, 5.74) is 3.68. The number of aromatic nitrogens is 4. The Morgan fingerprint density at radius 3 is 2.65 bits per heavy atom. The quantitative estimate of drug-likeness (QED) is 0.446. The van der Waals surface area contributed by atoms with Crippen molar-refractivity contribution >= 4 is 29.1 Å². The van der Waals surface area contributed by atoms with E-state index in [4.69, 9.17) is 16.7 Å². The minimum absolute atomic E-state index is 0.298. The van der Waals surface area contributed by atoms with Gasteiger partial charge in [0.2, 0.25) is 5.95 Å². The predicted octanol–water partition coefficient (Wildman–Crippen LogP) is 4.79. The third kappa shape index (κ3) is 3.89. The molecule has 9 heteroatoms. The van der Waals surface area contributed by atoms with Gasteiger partial charge in [-0.3, -0.25) is 9.78 Å². The fourth-order valence-corrected chi connectivity index (χ4v) is 4.11. The average Bonchev–Trinajstić information content (AvgIpc) is 3.27. The largest absolute Gasteiger partial charge is 0.328 e. The van der Waals surface area contributed by atoms with E-state index in [1.807, 2.05) is 37.3 Å². The van der Waals surface area contributed by atoms with Crippen LogP contribution in [-0.4, -0.2) is 25.7 Å². The first kappa shape index (κ1) is 21.4. The minimum atomic E-state index is -0.579. The smallest absolute Gasteiger partial charge is 0.255 e. The molecule has 1 atom stereocenters. The second kappa shape index (κ2) is 8.81. The van der Waals surface area contributed by atoms with Crippen molar-refractivity contribution in [1.82, 2.24) is 19.7 Å². The van der Waals surface area contributed by atoms with Gasteiger partial charge in [0.05, 0.1) is 34.1 Å². The van der Waals surface area contributed by atoms with Crippen LogP contribution in [0.3, 0.4) is 0 Å². The normalized spacial score (nSPS) is 14.7. The van der Waals surface area contributed by atoms with E-state index in [-0.39, 0.29) is 5.91 Å². The molecule has 166 valence electrons. The SMILES string of the molecule is CC1=C(C(=O)Nc2cccnc2)C(c2ccc(C#N)cc2)n2nc(-c3ccccc3Cl)nc2N1. The standard InChI is InChI=1S/C25H18ClN7O/c1-15-21(24(34)30-18-5-4-12-28-14-18)22(17-10-8-16(13-27)9-11-17)33-25(29-15)31-23(32-33)19-6-2-3-7-20(19)26/h2-12,14,22H,1H3,(H,30,34)(H,29,31,32). The number of nitrogens with zero attached hydrogens (tertiary/aromatic N) is 5. The summed E-state index contributed by atoms with van der Waals surface area (Å²) in [7, 11) is 0. The number of carbonyl (C=O) groups excluding carboxylic acids is 1. The Hall–Kier alpha value is -4.48. The summed E-state index contributed by atoms with van der Waals surface area (Å²) in [6, 6.07) is 19.5. The molecule has 2 N–H and O–H groups in total. The number of benzene rings is 2. The second-order valence-electron chi connectivity index (χ2n) is 7.68. The van der Waals surface area contributed by atoms with Crippen molar-refractivity contribution < 1.29 is 4.79 Å². The van der Waals surface area contributed by atoms with Crippen LogP contribution in [0.4, 0.5) is 11.6 Å². The summed E-state index contributed by atoms with van der Waals surface area (Å²) >= 11 is 6.39. The number of nitriles is 1. The van der Waals surface area contributed by atoms with Crippen LogP contribution in [-0.2, 0) is 4.79 Å². The maximum Gasteiger partial charge on any atom is 0.255 e. The first-order valence-electron chi connectivity index (χ1n) is 10.5. The number of amides is 1. The van der Waals surface area contributed by atoms with E-state index < -0.39 is 6.04 Å². The Kier molecular flexibility index (Phi) is 5.54. The van der Waals surface area contributed by atoms with Gasteiger partial charge in [0, 0.05) is 17.5 Å². The summed E-state index contributed by atoms with van der Waals surface area (Å²) in [5.74, 6) is 0.626. The molecule has 0 bridgehead atoms. The van der Waals surface area contributed by atoms with Gasteiger partial charge < -0.3 is 10.6 Å². The molecule has 1 unspecified atom stereocenters. The molecule has 1 amide bonds. The molecule has 1 aliphatic rings. The first-order valence-corrected chi connectivity index (χ1v) is 10.8. The maximum absolute atomic E-state index is 13.5. The molecule has 0 saturated heterocycles. The number of pyridine rings is 1. The highest BCUT2D eigenvalue weighted by atomic mass is 35.5. The van der Waals surface area contributed by atoms with Crippen molar-refractivity contribution in [3.8, 4) is 17.5 Å². The Morgan fingerprint density at radius 2 is 1.94 bits per heavy atom. The molecular weight excluding hydrogens is 450 g/mol. The predicted molar refractivity (Wildman–Crippen MR) is 129 cm³/mol. The van der Waals surface area contributed by atoms with Crippen LogP contribution in [0.15, 0.2) is 84.3 Å². The lowest BCUT2D eigenvalue weighted by Crippen LogP contribution is -2.31. The summed E-state index contributed by atoms with van der Waals surface area (Å²) in [6.07, 6.45) is 3.22. The van der Waals surface area contributed by atoms with Crippen molar-refractivity contribution in [3.05, 3.63) is 100 Å². The van der Waals surface area contributed by atoms with E-state index in [1.165, 1.54) is 0 Å². The number of hydrogen-bond acceptors (Lipinski definition) is 6. The Morgan fingerprint density at radius 1 is 1.15 bits per heavy atom. The number of nitrogens with one attached hydrogen (secondary N) is 2. The Labute approximate surface area is 200 Å². The molecule has 3 heterocycles. The molecular formula is C25H18ClN7O. The third-order valence-electron chi connectivity index (χ3n) is 5.49. The zero-order chi connectivity index (χ0) is 23.7. The monoisotopic (exact) mass is 467 g/mol. The molecule has 34 heavy (non-hydrogen) atoms. The van der Waals surface area contributed by atoms with Gasteiger partial charge in [-0.25, -0.2) is 4.68 Å². The summed E-state index contributed by atoms with van der Waals surface area (Å²) in [5, 5.41) is 20.6. The topological polar surface area (TPSA) is 109 Å². The van der Waals surface area contributed by atoms with Gasteiger partial charge in [-0.2, -0.15) is 10.2 Å². The number of anilines is 2. The van der Waals surface area contributed by atoms with E-state index in [0.717, 1.165) is 5.56 Å².